The van der Waals surface area contributed by atoms with E-state index in [1.807, 2.05) is 37.3 Å². The van der Waals surface area contributed by atoms with Crippen molar-refractivity contribution >= 4 is 84.6 Å². The number of hydrogen-bond acceptors (Lipinski definition) is 5. The number of benzene rings is 3. The molecule has 2 N–H and O–H groups in total. The Bertz CT molecular complexity index is 1560. The van der Waals surface area contributed by atoms with Crippen LogP contribution in [-0.2, 0) is 0 Å². The largest absolute Gasteiger partial charge is 0.436 e. The van der Waals surface area contributed by atoms with Crippen LogP contribution in [0.2, 0.25) is 10.0 Å². The molecule has 5 nitrogen and oxygen atoms in total. The Balaban J connectivity index is 1.33. The standard InChI is InChI=1S/C24H15Cl2N3O2S2/c1-12-3-2-4-13(9-12)23-28-17-11-15(6-8-18(17)31-23)27-24(32)29-22(30)21-20(26)16-7-5-14(25)10-19(16)33-21/h2-11H,1H3,(H2,27,29,30,32). The number of thiocarbonyl (C=S) groups is 1. The van der Waals surface area contributed by atoms with Gasteiger partial charge in [-0.3, -0.25) is 10.1 Å². The smallest absolute Gasteiger partial charge is 0.269 e. The molecule has 5 aromatic rings. The van der Waals surface area contributed by atoms with Crippen molar-refractivity contribution in [2.75, 3.05) is 5.32 Å². The lowest BCUT2D eigenvalue weighted by Crippen LogP contribution is -2.33. The number of halogens is 2. The first kappa shape index (κ1) is 21.9. The van der Waals surface area contributed by atoms with Gasteiger partial charge in [-0.05, 0) is 61.6 Å². The number of carbonyl (C=O) groups excluding carboxylic acids is 1. The van der Waals surface area contributed by atoms with Crippen LogP contribution >= 0.6 is 46.8 Å². The summed E-state index contributed by atoms with van der Waals surface area (Å²) < 4.78 is 6.71. The molecule has 0 radical (unpaired) electrons. The maximum Gasteiger partial charge on any atom is 0.269 e. The van der Waals surface area contributed by atoms with E-state index in [1.165, 1.54) is 11.3 Å². The molecule has 5 rings (SSSR count). The van der Waals surface area contributed by atoms with E-state index in [2.05, 4.69) is 15.6 Å². The fourth-order valence-corrected chi connectivity index (χ4v) is 5.31. The van der Waals surface area contributed by atoms with Gasteiger partial charge >= 0.3 is 0 Å². The van der Waals surface area contributed by atoms with Crippen molar-refractivity contribution in [3.05, 3.63) is 81.1 Å². The highest BCUT2D eigenvalue weighted by molar-refractivity contribution is 7.80. The Kier molecular flexibility index (Phi) is 5.80. The predicted octanol–water partition coefficient (Wildman–Crippen LogP) is 7.45. The number of aryl methyl sites for hydroxylation is 1. The van der Waals surface area contributed by atoms with Gasteiger partial charge in [0.15, 0.2) is 10.7 Å². The second-order valence-corrected chi connectivity index (χ2v) is 9.64. The number of anilines is 1. The van der Waals surface area contributed by atoms with Crippen molar-refractivity contribution < 1.29 is 9.21 Å². The van der Waals surface area contributed by atoms with Crippen LogP contribution in [-0.4, -0.2) is 16.0 Å². The third kappa shape index (κ3) is 4.45. The van der Waals surface area contributed by atoms with E-state index in [9.17, 15) is 4.79 Å². The van der Waals surface area contributed by atoms with Gasteiger partial charge in [0.25, 0.3) is 5.91 Å². The molecule has 0 atom stereocenters. The summed E-state index contributed by atoms with van der Waals surface area (Å²) in [4.78, 5) is 17.7. The quantitative estimate of drug-likeness (QED) is 0.246. The SMILES string of the molecule is Cc1cccc(-c2nc3cc(NC(=S)NC(=O)c4sc5cc(Cl)ccc5c4Cl)ccc3o2)c1. The van der Waals surface area contributed by atoms with Gasteiger partial charge in [-0.25, -0.2) is 4.98 Å². The zero-order valence-electron chi connectivity index (χ0n) is 17.1. The van der Waals surface area contributed by atoms with Crippen LogP contribution < -0.4 is 10.6 Å². The first-order valence-electron chi connectivity index (χ1n) is 9.85. The monoisotopic (exact) mass is 511 g/mol. The number of nitrogens with one attached hydrogen (secondary N) is 2. The van der Waals surface area contributed by atoms with Crippen LogP contribution in [0.15, 0.2) is 65.1 Å². The van der Waals surface area contributed by atoms with E-state index in [4.69, 9.17) is 39.8 Å². The Morgan fingerprint density at radius 1 is 1.09 bits per heavy atom. The maximum absolute atomic E-state index is 12.7. The van der Waals surface area contributed by atoms with Crippen LogP contribution in [0.1, 0.15) is 15.2 Å². The summed E-state index contributed by atoms with van der Waals surface area (Å²) in [6, 6.07) is 18.7. The summed E-state index contributed by atoms with van der Waals surface area (Å²) in [5.74, 6) is 0.153. The topological polar surface area (TPSA) is 67.2 Å². The van der Waals surface area contributed by atoms with Crippen molar-refractivity contribution in [2.24, 2.45) is 0 Å². The van der Waals surface area contributed by atoms with Crippen LogP contribution in [0, 0.1) is 6.92 Å². The van der Waals surface area contributed by atoms with Crippen LogP contribution in [0.5, 0.6) is 0 Å². The molecule has 0 saturated carbocycles. The summed E-state index contributed by atoms with van der Waals surface area (Å²) in [6.07, 6.45) is 0. The lowest BCUT2D eigenvalue weighted by molar-refractivity contribution is 0.0982. The highest BCUT2D eigenvalue weighted by Crippen LogP contribution is 2.36. The Morgan fingerprint density at radius 3 is 2.76 bits per heavy atom. The second kappa shape index (κ2) is 8.76. The fourth-order valence-electron chi connectivity index (χ4n) is 3.41. The normalized spacial score (nSPS) is 11.1. The minimum atomic E-state index is -0.390. The van der Waals surface area contributed by atoms with Crippen LogP contribution in [0.3, 0.4) is 0 Å². The second-order valence-electron chi connectivity index (χ2n) is 7.36. The first-order chi connectivity index (χ1) is 15.9. The summed E-state index contributed by atoms with van der Waals surface area (Å²) in [5, 5.41) is 7.57. The Hall–Kier alpha value is -2.97. The lowest BCUT2D eigenvalue weighted by Gasteiger charge is -2.08. The van der Waals surface area contributed by atoms with E-state index in [1.54, 1.807) is 30.3 Å². The van der Waals surface area contributed by atoms with E-state index in [-0.39, 0.29) is 11.0 Å². The number of thiophene rings is 1. The molecule has 2 heterocycles. The van der Waals surface area contributed by atoms with Crippen molar-refractivity contribution in [2.45, 2.75) is 6.92 Å². The molecule has 0 fully saturated rings. The highest BCUT2D eigenvalue weighted by atomic mass is 35.5. The van der Waals surface area contributed by atoms with Gasteiger partial charge in [-0.15, -0.1) is 11.3 Å². The molecule has 1 amide bonds. The van der Waals surface area contributed by atoms with Gasteiger partial charge < -0.3 is 9.73 Å². The number of aromatic nitrogens is 1. The fraction of sp³-hybridized carbons (Fsp3) is 0.0417. The van der Waals surface area contributed by atoms with Crippen LogP contribution in [0.4, 0.5) is 5.69 Å². The minimum absolute atomic E-state index is 0.147. The molecule has 9 heteroatoms. The molecule has 0 unspecified atom stereocenters. The zero-order valence-corrected chi connectivity index (χ0v) is 20.3. The van der Waals surface area contributed by atoms with Gasteiger partial charge in [-0.1, -0.05) is 47.0 Å². The summed E-state index contributed by atoms with van der Waals surface area (Å²) >= 11 is 19.0. The van der Waals surface area contributed by atoms with Gasteiger partial charge in [0.1, 0.15) is 10.4 Å². The maximum atomic E-state index is 12.7. The Morgan fingerprint density at radius 2 is 1.94 bits per heavy atom. The van der Waals surface area contributed by atoms with E-state index < -0.39 is 0 Å². The van der Waals surface area contributed by atoms with Gasteiger partial charge in [0.2, 0.25) is 5.89 Å². The average molecular weight is 512 g/mol. The summed E-state index contributed by atoms with van der Waals surface area (Å²) in [5.41, 5.74) is 4.04. The van der Waals surface area contributed by atoms with Crippen molar-refractivity contribution in [1.82, 2.24) is 10.3 Å². The summed E-state index contributed by atoms with van der Waals surface area (Å²) in [6.45, 7) is 2.02. The molecule has 3 aromatic carbocycles. The third-order valence-corrected chi connectivity index (χ3v) is 7.03. The first-order valence-corrected chi connectivity index (χ1v) is 11.8. The van der Waals surface area contributed by atoms with Crippen molar-refractivity contribution in [3.63, 3.8) is 0 Å². The molecule has 0 aliphatic carbocycles. The number of oxazole rings is 1. The Labute approximate surface area is 208 Å². The van der Waals surface area contributed by atoms with Gasteiger partial charge in [0, 0.05) is 26.4 Å². The van der Waals surface area contributed by atoms with Gasteiger partial charge in [-0.2, -0.15) is 0 Å². The van der Waals surface area contributed by atoms with E-state index in [0.717, 1.165) is 21.2 Å². The summed E-state index contributed by atoms with van der Waals surface area (Å²) in [7, 11) is 0. The molecule has 0 aliphatic heterocycles. The van der Waals surface area contributed by atoms with E-state index in [0.29, 0.717) is 37.6 Å². The third-order valence-electron chi connectivity index (χ3n) is 4.94. The predicted molar refractivity (Wildman–Crippen MR) is 140 cm³/mol. The van der Waals surface area contributed by atoms with Gasteiger partial charge in [0.05, 0.1) is 5.02 Å². The highest BCUT2D eigenvalue weighted by Gasteiger charge is 2.18. The number of amides is 1. The number of rotatable bonds is 3. The molecular formula is C24H15Cl2N3O2S2. The molecular weight excluding hydrogens is 497 g/mol. The van der Waals surface area contributed by atoms with Crippen molar-refractivity contribution in [1.29, 1.82) is 0 Å². The number of hydrogen-bond donors (Lipinski definition) is 2. The number of fused-ring (bicyclic) bond motifs is 2. The lowest BCUT2D eigenvalue weighted by atomic mass is 10.1. The number of nitrogens with zero attached hydrogens (tertiary/aromatic N) is 1. The van der Waals surface area contributed by atoms with Crippen molar-refractivity contribution in [3.8, 4) is 11.5 Å². The molecule has 0 bridgehead atoms. The van der Waals surface area contributed by atoms with Crippen LogP contribution in [0.25, 0.3) is 32.6 Å². The molecule has 2 aromatic heterocycles. The number of carbonyl (C=O) groups is 1. The molecule has 0 aliphatic rings. The zero-order chi connectivity index (χ0) is 23.1. The molecule has 0 saturated heterocycles. The molecule has 33 heavy (non-hydrogen) atoms. The average Bonchev–Trinajstić information content (AvgIpc) is 3.34. The minimum Gasteiger partial charge on any atom is -0.436 e. The molecule has 164 valence electrons. The molecule has 0 spiro atoms. The van der Waals surface area contributed by atoms with E-state index >= 15 is 0 Å².